The number of halogens is 6. The summed E-state index contributed by atoms with van der Waals surface area (Å²) in [5.74, 6) is 0.761. The van der Waals surface area contributed by atoms with Crippen LogP contribution in [0.1, 0.15) is 48.9 Å². The molecule has 0 spiro atoms. The third kappa shape index (κ3) is 5.70. The molecular formula is C32H30F6N2O6. The summed E-state index contributed by atoms with van der Waals surface area (Å²) in [6, 6.07) is 12.7. The van der Waals surface area contributed by atoms with Crippen molar-refractivity contribution < 1.29 is 55.2 Å². The Labute approximate surface area is 259 Å². The fraction of sp³-hybridized carbons (Fsp3) is 0.375. The number of carbonyl (C=O) groups is 2. The molecule has 246 valence electrons. The summed E-state index contributed by atoms with van der Waals surface area (Å²) < 4.78 is 97.6. The molecule has 1 saturated heterocycles. The molecule has 2 aliphatic rings. The van der Waals surface area contributed by atoms with Gasteiger partial charge in [-0.15, -0.1) is 0 Å². The Morgan fingerprint density at radius 1 is 0.891 bits per heavy atom. The van der Waals surface area contributed by atoms with Crippen LogP contribution in [-0.4, -0.2) is 47.5 Å². The third-order valence-electron chi connectivity index (χ3n) is 8.05. The monoisotopic (exact) mass is 652 g/mol. The van der Waals surface area contributed by atoms with Gasteiger partial charge in [-0.25, -0.2) is 4.79 Å². The number of hydrogen-bond acceptors (Lipinski definition) is 6. The lowest BCUT2D eigenvalue weighted by atomic mass is 9.86. The number of amides is 3. The van der Waals surface area contributed by atoms with Crippen LogP contribution in [0.3, 0.4) is 0 Å². The fourth-order valence-electron chi connectivity index (χ4n) is 5.55. The van der Waals surface area contributed by atoms with Gasteiger partial charge in [0.15, 0.2) is 11.5 Å². The van der Waals surface area contributed by atoms with Crippen LogP contribution in [0, 0.1) is 0 Å². The molecule has 2 heterocycles. The van der Waals surface area contributed by atoms with Gasteiger partial charge < -0.3 is 24.6 Å². The number of benzene rings is 3. The summed E-state index contributed by atoms with van der Waals surface area (Å²) >= 11 is 0. The first-order valence-corrected chi connectivity index (χ1v) is 14.4. The van der Waals surface area contributed by atoms with Crippen molar-refractivity contribution in [3.63, 3.8) is 0 Å². The van der Waals surface area contributed by atoms with Crippen LogP contribution in [0.5, 0.6) is 23.0 Å². The van der Waals surface area contributed by atoms with Crippen molar-refractivity contribution in [2.45, 2.75) is 63.1 Å². The highest BCUT2D eigenvalue weighted by molar-refractivity contribution is 6.07. The molecule has 5 rings (SSSR count). The van der Waals surface area contributed by atoms with E-state index in [0.717, 1.165) is 11.0 Å². The SMILES string of the molecule is CCCc1cc(C(O)(C(F)(F)F)C(F)(F)F)ccc1Oc1ccc(CN2C(=O)NC(CC)(c3ccc4c(c3)OCCO4)C2=O)cc1. The van der Waals surface area contributed by atoms with Crippen molar-refractivity contribution in [2.24, 2.45) is 0 Å². The molecule has 1 atom stereocenters. The maximum atomic E-state index is 13.7. The Hall–Kier alpha value is -4.46. The van der Waals surface area contributed by atoms with Gasteiger partial charge in [0.25, 0.3) is 11.5 Å². The first-order chi connectivity index (χ1) is 21.6. The van der Waals surface area contributed by atoms with Gasteiger partial charge in [-0.1, -0.05) is 44.5 Å². The molecule has 2 N–H and O–H groups in total. The first kappa shape index (κ1) is 32.9. The number of nitrogens with one attached hydrogen (secondary N) is 1. The number of nitrogens with zero attached hydrogens (tertiary/aromatic N) is 1. The van der Waals surface area contributed by atoms with Gasteiger partial charge in [0.2, 0.25) is 0 Å². The van der Waals surface area contributed by atoms with Crippen molar-refractivity contribution in [3.05, 3.63) is 82.9 Å². The Morgan fingerprint density at radius 3 is 2.15 bits per heavy atom. The van der Waals surface area contributed by atoms with Gasteiger partial charge in [0.1, 0.15) is 30.3 Å². The summed E-state index contributed by atoms with van der Waals surface area (Å²) in [4.78, 5) is 27.7. The van der Waals surface area contributed by atoms with Crippen LogP contribution in [0.4, 0.5) is 31.1 Å². The Bertz CT molecular complexity index is 1610. The number of urea groups is 1. The molecule has 1 unspecified atom stereocenters. The van der Waals surface area contributed by atoms with Crippen LogP contribution in [0.15, 0.2) is 60.7 Å². The minimum absolute atomic E-state index is 0.00584. The number of fused-ring (bicyclic) bond motifs is 1. The maximum Gasteiger partial charge on any atom is 0.430 e. The van der Waals surface area contributed by atoms with Crippen LogP contribution in [0.2, 0.25) is 0 Å². The normalized spacial score (nSPS) is 18.5. The van der Waals surface area contributed by atoms with E-state index in [2.05, 4.69) is 5.32 Å². The molecule has 3 aromatic rings. The highest BCUT2D eigenvalue weighted by Crippen LogP contribution is 2.51. The average Bonchev–Trinajstić information content (AvgIpc) is 3.26. The van der Waals surface area contributed by atoms with Crippen molar-refractivity contribution in [1.82, 2.24) is 10.2 Å². The van der Waals surface area contributed by atoms with Gasteiger partial charge in [-0.2, -0.15) is 26.3 Å². The molecule has 2 aliphatic heterocycles. The standard InChI is InChI=1S/C32H30F6N2O6/c1-3-5-20-16-22(30(43,31(33,34)35)32(36,37)38)9-12-24(20)46-23-10-6-19(7-11-23)18-40-27(41)29(4-2,39-28(40)42)21-8-13-25-26(17-21)45-15-14-44-25/h6-13,16-17,43H,3-5,14-15,18H2,1-2H3,(H,39,42). The van der Waals surface area contributed by atoms with E-state index < -0.39 is 41.0 Å². The molecule has 0 bridgehead atoms. The lowest BCUT2D eigenvalue weighted by Crippen LogP contribution is -2.53. The Morgan fingerprint density at radius 2 is 1.54 bits per heavy atom. The Kier molecular flexibility index (Phi) is 8.62. The van der Waals surface area contributed by atoms with Crippen LogP contribution in [0.25, 0.3) is 0 Å². The predicted molar refractivity (Wildman–Crippen MR) is 151 cm³/mol. The summed E-state index contributed by atoms with van der Waals surface area (Å²) in [6.45, 7) is 4.13. The summed E-state index contributed by atoms with van der Waals surface area (Å²) in [6.07, 6.45) is -11.3. The number of imide groups is 1. The van der Waals surface area contributed by atoms with Crippen molar-refractivity contribution >= 4 is 11.9 Å². The zero-order valence-electron chi connectivity index (χ0n) is 24.7. The maximum absolute atomic E-state index is 13.7. The minimum atomic E-state index is -6.01. The number of carbonyl (C=O) groups excluding carboxylic acids is 2. The van der Waals surface area contributed by atoms with E-state index in [-0.39, 0.29) is 36.4 Å². The first-order valence-electron chi connectivity index (χ1n) is 14.4. The van der Waals surface area contributed by atoms with Gasteiger partial charge >= 0.3 is 18.4 Å². The van der Waals surface area contributed by atoms with Crippen LogP contribution >= 0.6 is 0 Å². The number of ether oxygens (including phenoxy) is 3. The minimum Gasteiger partial charge on any atom is -0.486 e. The Balaban J connectivity index is 1.34. The van der Waals surface area contributed by atoms with E-state index in [1.807, 2.05) is 0 Å². The van der Waals surface area contributed by atoms with E-state index >= 15 is 0 Å². The number of rotatable bonds is 9. The molecule has 0 radical (unpaired) electrons. The van der Waals surface area contributed by atoms with Gasteiger partial charge in [-0.3, -0.25) is 9.69 Å². The quantitative estimate of drug-likeness (QED) is 0.194. The number of alkyl halides is 6. The second-order valence-electron chi connectivity index (χ2n) is 11.0. The van der Waals surface area contributed by atoms with E-state index in [1.54, 1.807) is 44.2 Å². The van der Waals surface area contributed by atoms with Crippen molar-refractivity contribution in [3.8, 4) is 23.0 Å². The largest absolute Gasteiger partial charge is 0.486 e. The van der Waals surface area contributed by atoms with Gasteiger partial charge in [0, 0.05) is 5.56 Å². The predicted octanol–water partition coefficient (Wildman–Crippen LogP) is 6.87. The highest BCUT2D eigenvalue weighted by atomic mass is 19.4. The van der Waals surface area contributed by atoms with E-state index in [9.17, 15) is 41.0 Å². The van der Waals surface area contributed by atoms with Crippen molar-refractivity contribution in [2.75, 3.05) is 13.2 Å². The molecule has 3 aromatic carbocycles. The second-order valence-corrected chi connectivity index (χ2v) is 11.0. The highest BCUT2D eigenvalue weighted by Gasteiger charge is 2.71. The zero-order valence-corrected chi connectivity index (χ0v) is 24.7. The molecule has 0 aromatic heterocycles. The van der Waals surface area contributed by atoms with Crippen LogP contribution < -0.4 is 19.5 Å². The van der Waals surface area contributed by atoms with E-state index in [1.165, 1.54) is 12.1 Å². The van der Waals surface area contributed by atoms with Gasteiger partial charge in [-0.05, 0) is 65.9 Å². The van der Waals surface area contributed by atoms with Crippen LogP contribution in [-0.2, 0) is 28.9 Å². The number of aliphatic hydroxyl groups is 1. The molecule has 8 nitrogen and oxygen atoms in total. The van der Waals surface area contributed by atoms with E-state index in [4.69, 9.17) is 14.2 Å². The molecule has 46 heavy (non-hydrogen) atoms. The molecule has 14 heteroatoms. The second kappa shape index (κ2) is 12.0. The lowest BCUT2D eigenvalue weighted by molar-refractivity contribution is -0.376. The summed E-state index contributed by atoms with van der Waals surface area (Å²) in [7, 11) is 0. The van der Waals surface area contributed by atoms with Crippen molar-refractivity contribution in [1.29, 1.82) is 0 Å². The third-order valence-corrected chi connectivity index (χ3v) is 8.05. The van der Waals surface area contributed by atoms with Gasteiger partial charge in [0.05, 0.1) is 6.54 Å². The molecule has 0 saturated carbocycles. The number of hydrogen-bond donors (Lipinski definition) is 2. The molecule has 0 aliphatic carbocycles. The smallest absolute Gasteiger partial charge is 0.430 e. The molecule has 1 fully saturated rings. The lowest BCUT2D eigenvalue weighted by Gasteiger charge is -2.33. The molecule has 3 amide bonds. The zero-order chi connectivity index (χ0) is 33.5. The topological polar surface area (TPSA) is 97.3 Å². The average molecular weight is 653 g/mol. The molecular weight excluding hydrogens is 622 g/mol. The summed E-state index contributed by atoms with van der Waals surface area (Å²) in [5, 5.41) is 12.6. The summed E-state index contributed by atoms with van der Waals surface area (Å²) in [5.41, 5.74) is -6.62. The fourth-order valence-corrected chi connectivity index (χ4v) is 5.55. The number of aryl methyl sites for hydroxylation is 1. The van der Waals surface area contributed by atoms with E-state index in [0.29, 0.717) is 54.4 Å².